The normalized spacial score (nSPS) is 28.1. The summed E-state index contributed by atoms with van der Waals surface area (Å²) in [5.74, 6) is 0.0814. The molecule has 2 heterocycles. The number of piperidine rings is 1. The van der Waals surface area contributed by atoms with Crippen LogP contribution in [0.2, 0.25) is 0 Å². The Morgan fingerprint density at radius 2 is 2.06 bits per heavy atom. The zero-order valence-corrected chi connectivity index (χ0v) is 9.73. The van der Waals surface area contributed by atoms with E-state index in [0.29, 0.717) is 6.04 Å². The highest BCUT2D eigenvalue weighted by Gasteiger charge is 2.28. The van der Waals surface area contributed by atoms with Crippen LogP contribution in [-0.4, -0.2) is 67.7 Å². The van der Waals surface area contributed by atoms with Gasteiger partial charge in [-0.1, -0.05) is 0 Å². The molecule has 2 saturated heterocycles. The molecule has 0 aromatic rings. The van der Waals surface area contributed by atoms with Gasteiger partial charge in [0.1, 0.15) is 0 Å². The Kier molecular flexibility index (Phi) is 4.15. The molecule has 0 aromatic heterocycles. The lowest BCUT2D eigenvalue weighted by Crippen LogP contribution is -2.53. The monoisotopic (exact) mass is 227 g/mol. The molecule has 1 unspecified atom stereocenters. The first kappa shape index (κ1) is 11.8. The van der Waals surface area contributed by atoms with Gasteiger partial charge in [0.05, 0.1) is 19.8 Å². The van der Waals surface area contributed by atoms with E-state index < -0.39 is 0 Å². The zero-order chi connectivity index (χ0) is 11.4. The van der Waals surface area contributed by atoms with Crippen LogP contribution in [0.5, 0.6) is 0 Å². The molecule has 0 spiro atoms. The molecular formula is C11H21N3O2. The maximum atomic E-state index is 11.6. The molecule has 0 saturated carbocycles. The number of amides is 1. The van der Waals surface area contributed by atoms with E-state index in [1.54, 1.807) is 0 Å². The van der Waals surface area contributed by atoms with E-state index in [1.807, 2.05) is 4.90 Å². The maximum Gasteiger partial charge on any atom is 0.236 e. The van der Waals surface area contributed by atoms with Crippen LogP contribution in [0.3, 0.4) is 0 Å². The number of carbonyl (C=O) groups is 1. The van der Waals surface area contributed by atoms with Gasteiger partial charge >= 0.3 is 0 Å². The minimum absolute atomic E-state index is 0.0814. The van der Waals surface area contributed by atoms with E-state index in [2.05, 4.69) is 4.90 Å². The molecule has 1 atom stereocenters. The van der Waals surface area contributed by atoms with Crippen LogP contribution in [0.25, 0.3) is 0 Å². The lowest BCUT2D eigenvalue weighted by Gasteiger charge is -2.40. The first-order valence-corrected chi connectivity index (χ1v) is 6.11. The third-order valence-corrected chi connectivity index (χ3v) is 3.49. The molecule has 1 amide bonds. The lowest BCUT2D eigenvalue weighted by atomic mass is 10.0. The number of ether oxygens (including phenoxy) is 1. The Bertz CT molecular complexity index is 241. The predicted molar refractivity (Wildman–Crippen MR) is 61.0 cm³/mol. The second-order valence-electron chi connectivity index (χ2n) is 4.49. The van der Waals surface area contributed by atoms with Crippen molar-refractivity contribution in [3.05, 3.63) is 0 Å². The summed E-state index contributed by atoms with van der Waals surface area (Å²) in [6.45, 7) is 5.48. The van der Waals surface area contributed by atoms with Crippen molar-refractivity contribution < 1.29 is 9.53 Å². The van der Waals surface area contributed by atoms with Crippen molar-refractivity contribution in [3.63, 3.8) is 0 Å². The van der Waals surface area contributed by atoms with Crippen molar-refractivity contribution in [2.24, 2.45) is 5.73 Å². The van der Waals surface area contributed by atoms with Gasteiger partial charge in [-0.25, -0.2) is 0 Å². The van der Waals surface area contributed by atoms with E-state index in [-0.39, 0.29) is 12.5 Å². The third-order valence-electron chi connectivity index (χ3n) is 3.49. The second-order valence-corrected chi connectivity index (χ2v) is 4.49. The number of hydrogen-bond acceptors (Lipinski definition) is 4. The van der Waals surface area contributed by atoms with Gasteiger partial charge in [-0.3, -0.25) is 9.69 Å². The molecule has 2 aliphatic rings. The topological polar surface area (TPSA) is 58.8 Å². The molecule has 5 heteroatoms. The SMILES string of the molecule is NCC(=O)N1CCCC(N2CCOCC2)C1. The van der Waals surface area contributed by atoms with Crippen LogP contribution < -0.4 is 5.73 Å². The van der Waals surface area contributed by atoms with Crippen molar-refractivity contribution in [2.75, 3.05) is 45.9 Å². The van der Waals surface area contributed by atoms with Crippen LogP contribution in [0.4, 0.5) is 0 Å². The van der Waals surface area contributed by atoms with Gasteiger partial charge in [0, 0.05) is 32.2 Å². The third kappa shape index (κ3) is 2.72. The first-order valence-electron chi connectivity index (χ1n) is 6.11. The van der Waals surface area contributed by atoms with E-state index in [0.717, 1.165) is 45.8 Å². The Labute approximate surface area is 96.5 Å². The predicted octanol–water partition coefficient (Wildman–Crippen LogP) is -0.732. The Morgan fingerprint density at radius 3 is 2.75 bits per heavy atom. The number of nitrogens with zero attached hydrogens (tertiary/aromatic N) is 2. The second kappa shape index (κ2) is 5.61. The number of likely N-dealkylation sites (tertiary alicyclic amines) is 1. The van der Waals surface area contributed by atoms with Gasteiger partial charge in [0.25, 0.3) is 0 Å². The van der Waals surface area contributed by atoms with Gasteiger partial charge in [0.15, 0.2) is 0 Å². The van der Waals surface area contributed by atoms with Gasteiger partial charge in [-0.15, -0.1) is 0 Å². The van der Waals surface area contributed by atoms with Gasteiger partial charge in [-0.05, 0) is 12.8 Å². The lowest BCUT2D eigenvalue weighted by molar-refractivity contribution is -0.132. The molecule has 0 bridgehead atoms. The number of nitrogens with two attached hydrogens (primary N) is 1. The van der Waals surface area contributed by atoms with Crippen LogP contribution in [0.15, 0.2) is 0 Å². The van der Waals surface area contributed by atoms with Gasteiger partial charge in [0.2, 0.25) is 5.91 Å². The summed E-state index contributed by atoms with van der Waals surface area (Å²) in [4.78, 5) is 15.9. The molecule has 16 heavy (non-hydrogen) atoms. The molecule has 5 nitrogen and oxygen atoms in total. The average Bonchev–Trinajstić information content (AvgIpc) is 2.39. The molecule has 92 valence electrons. The molecule has 0 aromatic carbocycles. The summed E-state index contributed by atoms with van der Waals surface area (Å²) in [5, 5.41) is 0. The van der Waals surface area contributed by atoms with E-state index in [4.69, 9.17) is 10.5 Å². The van der Waals surface area contributed by atoms with Gasteiger partial charge < -0.3 is 15.4 Å². The summed E-state index contributed by atoms with van der Waals surface area (Å²) >= 11 is 0. The standard InChI is InChI=1S/C11H21N3O2/c12-8-11(15)14-3-1-2-10(9-14)13-4-6-16-7-5-13/h10H,1-9,12H2. The molecule has 2 aliphatic heterocycles. The highest BCUT2D eigenvalue weighted by molar-refractivity contribution is 5.78. The van der Waals surface area contributed by atoms with E-state index in [1.165, 1.54) is 6.42 Å². The van der Waals surface area contributed by atoms with Crippen molar-refractivity contribution in [2.45, 2.75) is 18.9 Å². The van der Waals surface area contributed by atoms with E-state index >= 15 is 0 Å². The minimum atomic E-state index is 0.0814. The fraction of sp³-hybridized carbons (Fsp3) is 0.909. The molecule has 2 N–H and O–H groups in total. The van der Waals surface area contributed by atoms with Crippen molar-refractivity contribution in [1.29, 1.82) is 0 Å². The molecular weight excluding hydrogens is 206 g/mol. The number of hydrogen-bond donors (Lipinski definition) is 1. The van der Waals surface area contributed by atoms with Gasteiger partial charge in [-0.2, -0.15) is 0 Å². The maximum absolute atomic E-state index is 11.6. The zero-order valence-electron chi connectivity index (χ0n) is 9.73. The summed E-state index contributed by atoms with van der Waals surface area (Å²) in [5.41, 5.74) is 5.40. The number of rotatable bonds is 2. The van der Waals surface area contributed by atoms with E-state index in [9.17, 15) is 4.79 Å². The highest BCUT2D eigenvalue weighted by atomic mass is 16.5. The van der Waals surface area contributed by atoms with Crippen LogP contribution >= 0.6 is 0 Å². The van der Waals surface area contributed by atoms with Crippen LogP contribution in [0, 0.1) is 0 Å². The van der Waals surface area contributed by atoms with Crippen molar-refractivity contribution in [3.8, 4) is 0 Å². The number of carbonyl (C=O) groups excluding carboxylic acids is 1. The quantitative estimate of drug-likeness (QED) is 0.675. The number of morpholine rings is 1. The Hall–Kier alpha value is -0.650. The molecule has 2 rings (SSSR count). The fourth-order valence-corrected chi connectivity index (χ4v) is 2.55. The largest absolute Gasteiger partial charge is 0.379 e. The fourth-order valence-electron chi connectivity index (χ4n) is 2.55. The Balaban J connectivity index is 1.87. The summed E-state index contributed by atoms with van der Waals surface area (Å²) in [6, 6.07) is 0.508. The van der Waals surface area contributed by atoms with Crippen molar-refractivity contribution >= 4 is 5.91 Å². The van der Waals surface area contributed by atoms with Crippen LogP contribution in [0.1, 0.15) is 12.8 Å². The van der Waals surface area contributed by atoms with Crippen LogP contribution in [-0.2, 0) is 9.53 Å². The minimum Gasteiger partial charge on any atom is -0.379 e. The summed E-state index contributed by atoms with van der Waals surface area (Å²) in [7, 11) is 0. The smallest absolute Gasteiger partial charge is 0.236 e. The Morgan fingerprint density at radius 1 is 1.31 bits per heavy atom. The molecule has 0 radical (unpaired) electrons. The summed E-state index contributed by atoms with van der Waals surface area (Å²) in [6.07, 6.45) is 2.28. The first-order chi connectivity index (χ1) is 7.81. The highest BCUT2D eigenvalue weighted by Crippen LogP contribution is 2.16. The summed E-state index contributed by atoms with van der Waals surface area (Å²) < 4.78 is 5.34. The van der Waals surface area contributed by atoms with Crippen molar-refractivity contribution in [1.82, 2.24) is 9.80 Å². The average molecular weight is 227 g/mol. The molecule has 2 fully saturated rings. The molecule has 0 aliphatic carbocycles.